The first-order valence-corrected chi connectivity index (χ1v) is 7.77. The maximum absolute atomic E-state index is 10.7. The van der Waals surface area contributed by atoms with E-state index in [-0.39, 0.29) is 5.56 Å². The minimum atomic E-state index is -0.989. The molecule has 0 fully saturated rings. The van der Waals surface area contributed by atoms with Crippen molar-refractivity contribution < 1.29 is 14.4 Å². The van der Waals surface area contributed by atoms with Gasteiger partial charge in [0, 0.05) is 6.20 Å². The molecule has 6 nitrogen and oxygen atoms in total. The van der Waals surface area contributed by atoms with Crippen molar-refractivity contribution >= 4 is 29.1 Å². The molecule has 0 aliphatic heterocycles. The van der Waals surface area contributed by atoms with Crippen LogP contribution in [0.25, 0.3) is 10.7 Å². The molecule has 0 aliphatic carbocycles. The molecular weight excluding hydrogens is 310 g/mol. The van der Waals surface area contributed by atoms with Gasteiger partial charge in [0.15, 0.2) is 0 Å². The van der Waals surface area contributed by atoms with Crippen LogP contribution in [0.1, 0.15) is 16.2 Å². The summed E-state index contributed by atoms with van der Waals surface area (Å²) in [7, 11) is 0. The van der Waals surface area contributed by atoms with E-state index < -0.39 is 5.97 Å². The minimum Gasteiger partial charge on any atom is -0.478 e. The van der Waals surface area contributed by atoms with Crippen molar-refractivity contribution in [2.45, 2.75) is 10.8 Å². The van der Waals surface area contributed by atoms with Gasteiger partial charge >= 0.3 is 5.97 Å². The zero-order chi connectivity index (χ0) is 14.7. The van der Waals surface area contributed by atoms with Crippen LogP contribution in [0.15, 0.2) is 45.4 Å². The van der Waals surface area contributed by atoms with Crippen molar-refractivity contribution in [1.82, 2.24) is 15.1 Å². The topological polar surface area (TPSA) is 89.1 Å². The monoisotopic (exact) mass is 319 g/mol. The lowest BCUT2D eigenvalue weighted by molar-refractivity contribution is 0.0696. The van der Waals surface area contributed by atoms with Gasteiger partial charge in [-0.2, -0.15) is 4.98 Å². The Bertz CT molecular complexity index is 738. The van der Waals surface area contributed by atoms with Gasteiger partial charge in [-0.1, -0.05) is 23.0 Å². The Labute approximate surface area is 127 Å². The second-order valence-corrected chi connectivity index (χ2v) is 5.91. The number of nitrogens with zero attached hydrogens (tertiary/aromatic N) is 3. The van der Waals surface area contributed by atoms with Gasteiger partial charge in [0.1, 0.15) is 0 Å². The van der Waals surface area contributed by atoms with Crippen molar-refractivity contribution in [3.63, 3.8) is 0 Å². The van der Waals surface area contributed by atoms with Crippen LogP contribution in [0.2, 0.25) is 0 Å². The molecule has 0 saturated heterocycles. The van der Waals surface area contributed by atoms with E-state index in [9.17, 15) is 4.79 Å². The van der Waals surface area contributed by atoms with E-state index in [1.807, 2.05) is 17.5 Å². The van der Waals surface area contributed by atoms with E-state index in [0.717, 1.165) is 4.88 Å². The molecule has 0 saturated carbocycles. The fraction of sp³-hybridized carbons (Fsp3) is 0.0769. The summed E-state index contributed by atoms with van der Waals surface area (Å²) >= 11 is 2.96. The quantitative estimate of drug-likeness (QED) is 0.722. The highest BCUT2D eigenvalue weighted by molar-refractivity contribution is 7.98. The number of hydrogen-bond donors (Lipinski definition) is 1. The molecule has 1 N–H and O–H groups in total. The number of aromatic carboxylic acids is 1. The Morgan fingerprint density at radius 1 is 1.38 bits per heavy atom. The highest BCUT2D eigenvalue weighted by atomic mass is 32.2. The summed E-state index contributed by atoms with van der Waals surface area (Å²) < 4.78 is 5.17. The van der Waals surface area contributed by atoms with E-state index in [1.54, 1.807) is 17.4 Å². The van der Waals surface area contributed by atoms with Gasteiger partial charge in [-0.05, 0) is 23.6 Å². The molecule has 0 atom stereocenters. The van der Waals surface area contributed by atoms with E-state index in [1.165, 1.54) is 24.0 Å². The highest BCUT2D eigenvalue weighted by Gasteiger charge is 2.10. The Hall–Kier alpha value is -2.19. The zero-order valence-corrected chi connectivity index (χ0v) is 12.2. The summed E-state index contributed by atoms with van der Waals surface area (Å²) in [5.41, 5.74) is 0.164. The average Bonchev–Trinajstić information content (AvgIpc) is 3.16. The molecule has 3 heterocycles. The Morgan fingerprint density at radius 2 is 2.29 bits per heavy atom. The number of thiophene rings is 1. The van der Waals surface area contributed by atoms with Crippen molar-refractivity contribution in [2.24, 2.45) is 0 Å². The Balaban J connectivity index is 1.64. The van der Waals surface area contributed by atoms with Crippen LogP contribution >= 0.6 is 23.1 Å². The first-order valence-electron chi connectivity index (χ1n) is 5.91. The summed E-state index contributed by atoms with van der Waals surface area (Å²) in [4.78, 5) is 20.1. The average molecular weight is 319 g/mol. The predicted octanol–water partition coefficient (Wildman–Crippen LogP) is 3.18. The molecular formula is C13H9N3O3S2. The summed E-state index contributed by atoms with van der Waals surface area (Å²) in [6, 6.07) is 7.03. The number of rotatable bonds is 5. The summed E-state index contributed by atoms with van der Waals surface area (Å²) in [6.45, 7) is 0. The highest BCUT2D eigenvalue weighted by Crippen LogP contribution is 2.24. The Kier molecular flexibility index (Phi) is 3.98. The lowest BCUT2D eigenvalue weighted by Gasteiger charge is -1.98. The van der Waals surface area contributed by atoms with Crippen LogP contribution in [0.5, 0.6) is 0 Å². The number of hydrogen-bond acceptors (Lipinski definition) is 7. The second-order valence-electron chi connectivity index (χ2n) is 3.97. The van der Waals surface area contributed by atoms with Crippen molar-refractivity contribution in [1.29, 1.82) is 0 Å². The van der Waals surface area contributed by atoms with E-state index in [0.29, 0.717) is 22.5 Å². The van der Waals surface area contributed by atoms with Gasteiger partial charge < -0.3 is 9.63 Å². The van der Waals surface area contributed by atoms with E-state index in [4.69, 9.17) is 9.63 Å². The molecule has 3 aromatic heterocycles. The largest absolute Gasteiger partial charge is 0.478 e. The molecule has 0 unspecified atom stereocenters. The van der Waals surface area contributed by atoms with Crippen LogP contribution in [0, 0.1) is 0 Å². The third kappa shape index (κ3) is 3.29. The number of pyridine rings is 1. The normalized spacial score (nSPS) is 10.7. The molecule has 3 rings (SSSR count). The molecule has 21 heavy (non-hydrogen) atoms. The number of carboxylic acids is 1. The smallest absolute Gasteiger partial charge is 0.337 e. The van der Waals surface area contributed by atoms with Crippen molar-refractivity contribution in [3.05, 3.63) is 47.3 Å². The van der Waals surface area contributed by atoms with E-state index in [2.05, 4.69) is 15.1 Å². The van der Waals surface area contributed by atoms with Gasteiger partial charge in [0.2, 0.25) is 11.7 Å². The van der Waals surface area contributed by atoms with Crippen LogP contribution < -0.4 is 0 Å². The minimum absolute atomic E-state index is 0.164. The maximum atomic E-state index is 10.7. The SMILES string of the molecule is O=C(O)c1ccc(SCc2nc(-c3cccs3)no2)nc1. The number of aromatic nitrogens is 3. The predicted molar refractivity (Wildman–Crippen MR) is 78.4 cm³/mol. The standard InChI is InChI=1S/C13H9N3O3S2/c17-13(18)8-3-4-11(14-6-8)21-7-10-15-12(16-19-10)9-2-1-5-20-9/h1-6H,7H2,(H,17,18). The third-order valence-corrected chi connectivity index (χ3v) is 4.33. The van der Waals surface area contributed by atoms with Crippen LogP contribution in [0.3, 0.4) is 0 Å². The molecule has 0 radical (unpaired) electrons. The molecule has 8 heteroatoms. The van der Waals surface area contributed by atoms with Gasteiger partial charge in [-0.25, -0.2) is 9.78 Å². The summed E-state index contributed by atoms with van der Waals surface area (Å²) in [6.07, 6.45) is 1.33. The fourth-order valence-corrected chi connectivity index (χ4v) is 2.88. The fourth-order valence-electron chi connectivity index (χ4n) is 1.55. The molecule has 3 aromatic rings. The number of carboxylic acid groups (broad SMARTS) is 1. The molecule has 0 spiro atoms. The first-order chi connectivity index (χ1) is 10.2. The molecule has 0 amide bonds. The summed E-state index contributed by atoms with van der Waals surface area (Å²) in [5, 5.41) is 15.4. The second kappa shape index (κ2) is 6.06. The zero-order valence-electron chi connectivity index (χ0n) is 10.6. The van der Waals surface area contributed by atoms with Crippen LogP contribution in [-0.2, 0) is 5.75 Å². The molecule has 0 aromatic carbocycles. The first kappa shape index (κ1) is 13.8. The maximum Gasteiger partial charge on any atom is 0.337 e. The van der Waals surface area contributed by atoms with Crippen LogP contribution in [-0.4, -0.2) is 26.2 Å². The number of thioether (sulfide) groups is 1. The Morgan fingerprint density at radius 3 is 2.95 bits per heavy atom. The molecule has 0 aliphatic rings. The lowest BCUT2D eigenvalue weighted by atomic mass is 10.3. The van der Waals surface area contributed by atoms with Crippen LogP contribution in [0.4, 0.5) is 0 Å². The molecule has 0 bridgehead atoms. The summed E-state index contributed by atoms with van der Waals surface area (Å²) in [5.74, 6) is 0.580. The van der Waals surface area contributed by atoms with Gasteiger partial charge in [0.05, 0.1) is 21.2 Å². The molecule has 106 valence electrons. The van der Waals surface area contributed by atoms with Crippen molar-refractivity contribution in [2.75, 3.05) is 0 Å². The third-order valence-electron chi connectivity index (χ3n) is 2.54. The van der Waals surface area contributed by atoms with Gasteiger partial charge in [-0.3, -0.25) is 0 Å². The van der Waals surface area contributed by atoms with Gasteiger partial charge in [0.25, 0.3) is 0 Å². The number of carbonyl (C=O) groups is 1. The van der Waals surface area contributed by atoms with Gasteiger partial charge in [-0.15, -0.1) is 11.3 Å². The lowest BCUT2D eigenvalue weighted by Crippen LogP contribution is -1.96. The van der Waals surface area contributed by atoms with Crippen molar-refractivity contribution in [3.8, 4) is 10.7 Å². The van der Waals surface area contributed by atoms with E-state index >= 15 is 0 Å².